The molecular formula is C18H31N3O2S. The molecule has 136 valence electrons. The summed E-state index contributed by atoms with van der Waals surface area (Å²) in [4.78, 5) is 32.0. The van der Waals surface area contributed by atoms with E-state index in [1.807, 2.05) is 13.8 Å². The van der Waals surface area contributed by atoms with Crippen LogP contribution in [0.2, 0.25) is 0 Å². The van der Waals surface area contributed by atoms with E-state index in [-0.39, 0.29) is 24.3 Å². The van der Waals surface area contributed by atoms with E-state index < -0.39 is 0 Å². The summed E-state index contributed by atoms with van der Waals surface area (Å²) in [6, 6.07) is 0. The van der Waals surface area contributed by atoms with Gasteiger partial charge < -0.3 is 10.2 Å². The Bertz CT molecular complexity index is 528. The maximum absolute atomic E-state index is 12.8. The molecule has 1 N–H and O–H groups in total. The number of hydrogen-bond acceptors (Lipinski definition) is 4. The quantitative estimate of drug-likeness (QED) is 0.689. The molecule has 0 radical (unpaired) electrons. The second-order valence-electron chi connectivity index (χ2n) is 6.68. The third-order valence-corrected chi connectivity index (χ3v) is 4.68. The smallest absolute Gasteiger partial charge is 0.245 e. The van der Waals surface area contributed by atoms with E-state index in [1.54, 1.807) is 11.1 Å². The molecule has 5 nitrogen and oxygen atoms in total. The van der Waals surface area contributed by atoms with E-state index >= 15 is 0 Å². The lowest BCUT2D eigenvalue weighted by atomic mass is 9.97. The van der Waals surface area contributed by atoms with Crippen LogP contribution in [0.5, 0.6) is 0 Å². The fraction of sp³-hybridized carbons (Fsp3) is 0.722. The van der Waals surface area contributed by atoms with Crippen LogP contribution in [0.1, 0.15) is 58.3 Å². The monoisotopic (exact) mass is 353 g/mol. The van der Waals surface area contributed by atoms with Crippen LogP contribution in [0, 0.1) is 18.8 Å². The molecule has 1 aromatic heterocycles. The van der Waals surface area contributed by atoms with Crippen molar-refractivity contribution in [3.63, 3.8) is 0 Å². The number of amides is 2. The Morgan fingerprint density at radius 3 is 2.54 bits per heavy atom. The van der Waals surface area contributed by atoms with Crippen LogP contribution < -0.4 is 5.32 Å². The van der Waals surface area contributed by atoms with Crippen molar-refractivity contribution >= 4 is 28.3 Å². The minimum absolute atomic E-state index is 0.0126. The molecule has 0 fully saturated rings. The lowest BCUT2D eigenvalue weighted by molar-refractivity contribution is -0.139. The van der Waals surface area contributed by atoms with E-state index in [2.05, 4.69) is 31.1 Å². The number of aromatic nitrogens is 1. The predicted octanol–water partition coefficient (Wildman–Crippen LogP) is 4.09. The largest absolute Gasteiger partial charge is 0.333 e. The maximum atomic E-state index is 12.8. The van der Waals surface area contributed by atoms with Gasteiger partial charge in [-0.05, 0) is 25.7 Å². The number of carbonyl (C=O) groups is 2. The van der Waals surface area contributed by atoms with Gasteiger partial charge in [0.1, 0.15) is 0 Å². The van der Waals surface area contributed by atoms with Gasteiger partial charge in [0, 0.05) is 23.5 Å². The molecule has 0 aromatic carbocycles. The van der Waals surface area contributed by atoms with Crippen LogP contribution in [-0.4, -0.2) is 34.8 Å². The van der Waals surface area contributed by atoms with Gasteiger partial charge in [-0.25, -0.2) is 4.98 Å². The highest BCUT2D eigenvalue weighted by molar-refractivity contribution is 7.15. The van der Waals surface area contributed by atoms with Gasteiger partial charge in [0.2, 0.25) is 11.8 Å². The van der Waals surface area contributed by atoms with Gasteiger partial charge in [0.25, 0.3) is 0 Å². The first-order valence-electron chi connectivity index (χ1n) is 8.88. The Kier molecular flexibility index (Phi) is 8.97. The van der Waals surface area contributed by atoms with Crippen molar-refractivity contribution in [2.75, 3.05) is 18.4 Å². The molecule has 0 saturated heterocycles. The minimum Gasteiger partial charge on any atom is -0.333 e. The molecule has 1 unspecified atom stereocenters. The molecule has 1 rings (SSSR count). The van der Waals surface area contributed by atoms with Gasteiger partial charge in [0.05, 0.1) is 6.54 Å². The fourth-order valence-corrected chi connectivity index (χ4v) is 3.31. The average Bonchev–Trinajstić information content (AvgIpc) is 2.91. The summed E-state index contributed by atoms with van der Waals surface area (Å²) in [5.41, 5.74) is 0. The second kappa shape index (κ2) is 10.4. The number of nitrogens with one attached hydrogen (secondary N) is 1. The number of anilines is 1. The first-order valence-corrected chi connectivity index (χ1v) is 9.70. The molecule has 0 saturated carbocycles. The Morgan fingerprint density at radius 2 is 2.04 bits per heavy atom. The van der Waals surface area contributed by atoms with Crippen LogP contribution in [-0.2, 0) is 9.59 Å². The number of unbranched alkanes of at least 4 members (excludes halogenated alkanes) is 1. The van der Waals surface area contributed by atoms with E-state index in [9.17, 15) is 9.59 Å². The number of hydrogen-bond donors (Lipinski definition) is 1. The molecule has 6 heteroatoms. The third-order valence-electron chi connectivity index (χ3n) is 3.85. The fourth-order valence-electron chi connectivity index (χ4n) is 2.63. The van der Waals surface area contributed by atoms with Gasteiger partial charge in [-0.3, -0.25) is 9.59 Å². The third kappa shape index (κ3) is 6.99. The topological polar surface area (TPSA) is 62.3 Å². The van der Waals surface area contributed by atoms with Gasteiger partial charge in [-0.15, -0.1) is 11.3 Å². The predicted molar refractivity (Wildman–Crippen MR) is 100 cm³/mol. The van der Waals surface area contributed by atoms with Crippen LogP contribution in [0.25, 0.3) is 0 Å². The van der Waals surface area contributed by atoms with Gasteiger partial charge >= 0.3 is 0 Å². The van der Waals surface area contributed by atoms with Crippen molar-refractivity contribution in [1.82, 2.24) is 9.88 Å². The van der Waals surface area contributed by atoms with Crippen molar-refractivity contribution in [1.29, 1.82) is 0 Å². The molecule has 1 heterocycles. The van der Waals surface area contributed by atoms with Crippen molar-refractivity contribution in [3.8, 4) is 0 Å². The Hall–Kier alpha value is -1.43. The molecule has 2 amide bonds. The highest BCUT2D eigenvalue weighted by Crippen LogP contribution is 2.18. The summed E-state index contributed by atoms with van der Waals surface area (Å²) in [6.45, 7) is 11.0. The summed E-state index contributed by atoms with van der Waals surface area (Å²) in [7, 11) is 0. The van der Waals surface area contributed by atoms with Gasteiger partial charge in [-0.1, -0.05) is 40.5 Å². The number of thiazole rings is 1. The SMILES string of the molecule is CCCCC(CC)C(=O)N(CC(=O)Nc1ncc(C)s1)CC(C)C. The number of nitrogens with zero attached hydrogens (tertiary/aromatic N) is 2. The molecule has 0 aliphatic rings. The summed E-state index contributed by atoms with van der Waals surface area (Å²) < 4.78 is 0. The molecule has 1 atom stereocenters. The lowest BCUT2D eigenvalue weighted by Gasteiger charge is -2.28. The van der Waals surface area contributed by atoms with Crippen molar-refractivity contribution < 1.29 is 9.59 Å². The zero-order valence-electron chi connectivity index (χ0n) is 15.6. The number of aryl methyl sites for hydroxylation is 1. The molecule has 0 aliphatic heterocycles. The lowest BCUT2D eigenvalue weighted by Crippen LogP contribution is -2.43. The molecule has 1 aromatic rings. The summed E-state index contributed by atoms with van der Waals surface area (Å²) >= 11 is 1.44. The molecule has 24 heavy (non-hydrogen) atoms. The summed E-state index contributed by atoms with van der Waals surface area (Å²) in [6.07, 6.45) is 5.58. The molecular weight excluding hydrogens is 322 g/mol. The van der Waals surface area contributed by atoms with Crippen LogP contribution in [0.15, 0.2) is 6.20 Å². The highest BCUT2D eigenvalue weighted by Gasteiger charge is 2.25. The van der Waals surface area contributed by atoms with Crippen LogP contribution in [0.3, 0.4) is 0 Å². The van der Waals surface area contributed by atoms with Gasteiger partial charge in [-0.2, -0.15) is 0 Å². The van der Waals surface area contributed by atoms with Crippen molar-refractivity contribution in [3.05, 3.63) is 11.1 Å². The zero-order valence-corrected chi connectivity index (χ0v) is 16.4. The first-order chi connectivity index (χ1) is 11.4. The minimum atomic E-state index is -0.177. The Balaban J connectivity index is 2.72. The molecule has 0 spiro atoms. The maximum Gasteiger partial charge on any atom is 0.245 e. The van der Waals surface area contributed by atoms with E-state index in [4.69, 9.17) is 0 Å². The number of rotatable bonds is 10. The van der Waals surface area contributed by atoms with Crippen LogP contribution >= 0.6 is 11.3 Å². The summed E-state index contributed by atoms with van der Waals surface area (Å²) in [5, 5.41) is 3.39. The average molecular weight is 354 g/mol. The molecule has 0 bridgehead atoms. The first kappa shape index (κ1) is 20.6. The van der Waals surface area contributed by atoms with E-state index in [1.165, 1.54) is 11.3 Å². The second-order valence-corrected chi connectivity index (χ2v) is 7.92. The number of carbonyl (C=O) groups excluding carboxylic acids is 2. The van der Waals surface area contributed by atoms with Crippen molar-refractivity contribution in [2.24, 2.45) is 11.8 Å². The Labute approximate surface area is 149 Å². The zero-order chi connectivity index (χ0) is 18.1. The molecule has 0 aliphatic carbocycles. The summed E-state index contributed by atoms with van der Waals surface area (Å²) in [5.74, 6) is 0.264. The van der Waals surface area contributed by atoms with Gasteiger partial charge in [0.15, 0.2) is 5.13 Å². The van der Waals surface area contributed by atoms with E-state index in [0.29, 0.717) is 17.6 Å². The normalized spacial score (nSPS) is 12.2. The van der Waals surface area contributed by atoms with Crippen molar-refractivity contribution in [2.45, 2.75) is 60.3 Å². The highest BCUT2D eigenvalue weighted by atomic mass is 32.1. The van der Waals surface area contributed by atoms with Crippen LogP contribution in [0.4, 0.5) is 5.13 Å². The standard InChI is InChI=1S/C18H31N3O2S/c1-6-8-9-15(7-2)17(23)21(11-13(3)4)12-16(22)20-18-19-10-14(5)24-18/h10,13,15H,6-9,11-12H2,1-5H3,(H,19,20,22). The Morgan fingerprint density at radius 1 is 1.33 bits per heavy atom. The van der Waals surface area contributed by atoms with E-state index in [0.717, 1.165) is 30.6 Å².